The van der Waals surface area contributed by atoms with Crippen LogP contribution >= 0.6 is 34.4 Å². The Balaban J connectivity index is 1.49. The van der Waals surface area contributed by atoms with E-state index in [1.54, 1.807) is 16.7 Å². The fourth-order valence-corrected chi connectivity index (χ4v) is 5.25. The van der Waals surface area contributed by atoms with E-state index in [9.17, 15) is 9.59 Å². The number of carboxylic acids is 1. The van der Waals surface area contributed by atoms with Gasteiger partial charge in [-0.2, -0.15) is 0 Å². The minimum Gasteiger partial charge on any atom is -0.476 e. The number of thiazole rings is 1. The molecule has 1 fully saturated rings. The molecule has 9 heteroatoms. The first kappa shape index (κ1) is 18.2. The summed E-state index contributed by atoms with van der Waals surface area (Å²) in [6.45, 7) is 3.50. The monoisotopic (exact) mass is 397 g/mol. The zero-order valence-electron chi connectivity index (χ0n) is 13.7. The number of hydrogen-bond acceptors (Lipinski definition) is 7. The van der Waals surface area contributed by atoms with Gasteiger partial charge in [-0.1, -0.05) is 11.8 Å². The Hall–Kier alpha value is -1.58. The van der Waals surface area contributed by atoms with Crippen molar-refractivity contribution in [2.45, 2.75) is 30.1 Å². The molecule has 0 aromatic carbocycles. The predicted octanol–water partition coefficient (Wildman–Crippen LogP) is 3.41. The Labute approximate surface area is 158 Å². The van der Waals surface area contributed by atoms with Crippen LogP contribution in [0.4, 0.5) is 5.69 Å². The van der Waals surface area contributed by atoms with Crippen molar-refractivity contribution in [1.82, 2.24) is 9.88 Å². The van der Waals surface area contributed by atoms with Gasteiger partial charge in [-0.25, -0.2) is 9.78 Å². The molecule has 1 atom stereocenters. The molecule has 0 spiro atoms. The van der Waals surface area contributed by atoms with Crippen molar-refractivity contribution < 1.29 is 14.7 Å². The largest absolute Gasteiger partial charge is 0.476 e. The van der Waals surface area contributed by atoms with Crippen molar-refractivity contribution in [3.8, 4) is 0 Å². The Morgan fingerprint density at radius 2 is 2.36 bits per heavy atom. The average Bonchev–Trinajstić information content (AvgIpc) is 3.28. The molecule has 6 nitrogen and oxygen atoms in total. The third-order valence-corrected chi connectivity index (χ3v) is 6.95. The van der Waals surface area contributed by atoms with Crippen LogP contribution in [0, 0.1) is 6.92 Å². The average molecular weight is 398 g/mol. The summed E-state index contributed by atoms with van der Waals surface area (Å²) in [6, 6.07) is 2.28. The van der Waals surface area contributed by atoms with Crippen molar-refractivity contribution in [3.63, 3.8) is 0 Å². The van der Waals surface area contributed by atoms with E-state index in [2.05, 4.69) is 28.7 Å². The van der Waals surface area contributed by atoms with E-state index in [0.717, 1.165) is 23.0 Å². The maximum atomic E-state index is 12.1. The molecule has 0 aliphatic carbocycles. The van der Waals surface area contributed by atoms with Crippen LogP contribution in [-0.4, -0.2) is 51.8 Å². The van der Waals surface area contributed by atoms with Gasteiger partial charge in [0.2, 0.25) is 5.91 Å². The highest BCUT2D eigenvalue weighted by Gasteiger charge is 2.30. The Morgan fingerprint density at radius 1 is 1.52 bits per heavy atom. The normalized spacial score (nSPS) is 17.2. The van der Waals surface area contributed by atoms with Crippen LogP contribution in [0.5, 0.6) is 0 Å². The van der Waals surface area contributed by atoms with Gasteiger partial charge in [0.15, 0.2) is 10.0 Å². The van der Waals surface area contributed by atoms with Gasteiger partial charge in [-0.3, -0.25) is 4.79 Å². The number of anilines is 1. The van der Waals surface area contributed by atoms with E-state index >= 15 is 0 Å². The molecule has 2 aromatic rings. The van der Waals surface area contributed by atoms with Gasteiger partial charge in [0, 0.05) is 47.2 Å². The van der Waals surface area contributed by atoms with Gasteiger partial charge < -0.3 is 15.3 Å². The molecule has 1 aliphatic heterocycles. The summed E-state index contributed by atoms with van der Waals surface area (Å²) >= 11 is 4.54. The quantitative estimate of drug-likeness (QED) is 0.664. The highest BCUT2D eigenvalue weighted by atomic mass is 32.2. The zero-order chi connectivity index (χ0) is 17.8. The van der Waals surface area contributed by atoms with Crippen LogP contribution < -0.4 is 5.32 Å². The number of aromatic carboxylic acids is 1. The number of thioether (sulfide) groups is 1. The smallest absolute Gasteiger partial charge is 0.355 e. The van der Waals surface area contributed by atoms with Crippen LogP contribution in [-0.2, 0) is 4.79 Å². The summed E-state index contributed by atoms with van der Waals surface area (Å²) in [5.74, 6) is -0.0979. The maximum absolute atomic E-state index is 12.1. The van der Waals surface area contributed by atoms with Gasteiger partial charge in [0.25, 0.3) is 0 Å². The van der Waals surface area contributed by atoms with Crippen molar-refractivity contribution >= 4 is 52.0 Å². The molecule has 3 rings (SSSR count). The Bertz CT molecular complexity index is 759. The predicted molar refractivity (Wildman–Crippen MR) is 102 cm³/mol. The van der Waals surface area contributed by atoms with E-state index in [4.69, 9.17) is 5.11 Å². The van der Waals surface area contributed by atoms with Crippen molar-refractivity contribution in [2.75, 3.05) is 24.2 Å². The van der Waals surface area contributed by atoms with E-state index in [1.807, 2.05) is 4.90 Å². The Kier molecular flexibility index (Phi) is 5.98. The molecule has 1 saturated heterocycles. The number of carboxylic acid groups (broad SMARTS) is 1. The fraction of sp³-hybridized carbons (Fsp3) is 0.438. The number of aromatic nitrogens is 1. The minimum atomic E-state index is -1.01. The number of thiophene rings is 1. The van der Waals surface area contributed by atoms with Crippen LogP contribution in [0.25, 0.3) is 0 Å². The third-order valence-electron chi connectivity index (χ3n) is 4.10. The SMILES string of the molecule is Cc1sccc1NC[C@H]1CCC(=O)N1CCSc1nc(C(=O)O)cs1. The molecule has 25 heavy (non-hydrogen) atoms. The number of nitrogens with one attached hydrogen (secondary N) is 1. The van der Waals surface area contributed by atoms with Crippen LogP contribution in [0.2, 0.25) is 0 Å². The minimum absolute atomic E-state index is 0.0814. The number of rotatable bonds is 8. The standard InChI is InChI=1S/C16H19N3O3S3/c1-10-12(4-6-23-10)17-8-11-2-3-14(20)19(11)5-7-24-16-18-13(9-25-16)15(21)22/h4,6,9,11,17H,2-3,5,7-8H2,1H3,(H,21,22)/t11-/m1/s1. The maximum Gasteiger partial charge on any atom is 0.355 e. The van der Waals surface area contributed by atoms with Crippen molar-refractivity contribution in [3.05, 3.63) is 27.4 Å². The number of amides is 1. The first-order valence-corrected chi connectivity index (χ1v) is 10.7. The van der Waals surface area contributed by atoms with Crippen LogP contribution in [0.3, 0.4) is 0 Å². The lowest BCUT2D eigenvalue weighted by molar-refractivity contribution is -0.128. The second-order valence-electron chi connectivity index (χ2n) is 5.70. The lowest BCUT2D eigenvalue weighted by Gasteiger charge is -2.25. The highest BCUT2D eigenvalue weighted by Crippen LogP contribution is 2.26. The number of hydrogen-bond donors (Lipinski definition) is 2. The number of carbonyl (C=O) groups is 2. The fourth-order valence-electron chi connectivity index (χ4n) is 2.76. The van der Waals surface area contributed by atoms with Gasteiger partial charge in [-0.15, -0.1) is 22.7 Å². The van der Waals surface area contributed by atoms with Gasteiger partial charge in [0.1, 0.15) is 0 Å². The first-order chi connectivity index (χ1) is 12.0. The zero-order valence-corrected chi connectivity index (χ0v) is 16.2. The number of carbonyl (C=O) groups excluding carboxylic acids is 1. The highest BCUT2D eigenvalue weighted by molar-refractivity contribution is 8.01. The number of nitrogens with zero attached hydrogens (tertiary/aromatic N) is 2. The Morgan fingerprint density at radius 3 is 3.04 bits per heavy atom. The summed E-state index contributed by atoms with van der Waals surface area (Å²) < 4.78 is 0.729. The second-order valence-corrected chi connectivity index (χ2v) is 9.02. The third kappa shape index (κ3) is 4.53. The van der Waals surface area contributed by atoms with Crippen molar-refractivity contribution in [1.29, 1.82) is 0 Å². The van der Waals surface area contributed by atoms with Gasteiger partial charge in [0.05, 0.1) is 0 Å². The topological polar surface area (TPSA) is 82.5 Å². The van der Waals surface area contributed by atoms with E-state index in [1.165, 1.54) is 28.0 Å². The summed E-state index contributed by atoms with van der Waals surface area (Å²) in [6.07, 6.45) is 1.47. The lowest BCUT2D eigenvalue weighted by atomic mass is 10.2. The summed E-state index contributed by atoms with van der Waals surface area (Å²) in [4.78, 5) is 30.3. The number of aryl methyl sites for hydroxylation is 1. The van der Waals surface area contributed by atoms with Crippen molar-refractivity contribution in [2.24, 2.45) is 0 Å². The van der Waals surface area contributed by atoms with Gasteiger partial charge >= 0.3 is 5.97 Å². The molecule has 2 N–H and O–H groups in total. The number of likely N-dealkylation sites (tertiary alicyclic amines) is 1. The molecule has 1 aliphatic rings. The van der Waals surface area contributed by atoms with Crippen LogP contribution in [0.15, 0.2) is 21.2 Å². The van der Waals surface area contributed by atoms with E-state index in [-0.39, 0.29) is 17.6 Å². The van der Waals surface area contributed by atoms with E-state index in [0.29, 0.717) is 18.7 Å². The molecular formula is C16H19N3O3S3. The van der Waals surface area contributed by atoms with Gasteiger partial charge in [-0.05, 0) is 24.8 Å². The molecule has 2 aromatic heterocycles. The molecule has 0 saturated carbocycles. The molecule has 0 bridgehead atoms. The molecule has 0 unspecified atom stereocenters. The second kappa shape index (κ2) is 8.20. The molecule has 134 valence electrons. The first-order valence-electron chi connectivity index (χ1n) is 7.93. The summed E-state index contributed by atoms with van der Waals surface area (Å²) in [7, 11) is 0. The summed E-state index contributed by atoms with van der Waals surface area (Å²) in [5.41, 5.74) is 1.22. The molecule has 0 radical (unpaired) electrons. The van der Waals surface area contributed by atoms with E-state index < -0.39 is 5.97 Å². The molecule has 1 amide bonds. The molecule has 3 heterocycles. The summed E-state index contributed by atoms with van der Waals surface area (Å²) in [5, 5.41) is 15.9. The van der Waals surface area contributed by atoms with Crippen LogP contribution in [0.1, 0.15) is 28.2 Å². The molecular weight excluding hydrogens is 378 g/mol. The lowest BCUT2D eigenvalue weighted by Crippen LogP contribution is -2.39.